The number of nitrogens with zero attached hydrogens (tertiary/aromatic N) is 4. The van der Waals surface area contributed by atoms with E-state index in [0.29, 0.717) is 24.7 Å². The zero-order valence-electron chi connectivity index (χ0n) is 12.4. The number of rotatable bonds is 4. The summed E-state index contributed by atoms with van der Waals surface area (Å²) < 4.78 is 7.63. The normalized spacial score (nSPS) is 21.0. The van der Waals surface area contributed by atoms with Crippen molar-refractivity contribution in [2.45, 2.75) is 12.2 Å². The van der Waals surface area contributed by atoms with Gasteiger partial charge in [0.05, 0.1) is 12.7 Å². The van der Waals surface area contributed by atoms with E-state index in [2.05, 4.69) is 15.1 Å². The van der Waals surface area contributed by atoms with E-state index in [1.54, 1.807) is 12.4 Å². The summed E-state index contributed by atoms with van der Waals surface area (Å²) >= 11 is 6.14. The topological polar surface area (TPSA) is 63.4 Å². The Kier molecular flexibility index (Phi) is 4.73. The van der Waals surface area contributed by atoms with Gasteiger partial charge in [-0.25, -0.2) is 0 Å². The van der Waals surface area contributed by atoms with Gasteiger partial charge in [-0.05, 0) is 6.07 Å². The number of β-amino-alcohol motifs (C(OH)–C–C–N with tert-alkyl or cyclic N) is 1. The van der Waals surface area contributed by atoms with Crippen LogP contribution < -0.4 is 0 Å². The number of halogens is 1. The molecule has 1 aliphatic heterocycles. The van der Waals surface area contributed by atoms with Crippen LogP contribution in [0.25, 0.3) is 0 Å². The Morgan fingerprint density at radius 2 is 2.27 bits per heavy atom. The molecule has 0 spiro atoms. The first-order chi connectivity index (χ1) is 10.6. The van der Waals surface area contributed by atoms with Crippen LogP contribution in [0.4, 0.5) is 0 Å². The highest BCUT2D eigenvalue weighted by molar-refractivity contribution is 6.31. The highest BCUT2D eigenvalue weighted by Crippen LogP contribution is 2.25. The molecular formula is C15H19ClN4O2. The lowest BCUT2D eigenvalue weighted by Gasteiger charge is -2.33. The van der Waals surface area contributed by atoms with Gasteiger partial charge in [-0.3, -0.25) is 4.90 Å². The molecule has 1 aliphatic rings. The Hall–Kier alpha value is -1.47. The molecule has 2 aromatic rings. The van der Waals surface area contributed by atoms with Crippen LogP contribution in [0, 0.1) is 0 Å². The van der Waals surface area contributed by atoms with Crippen LogP contribution in [0.5, 0.6) is 0 Å². The molecule has 3 rings (SSSR count). The standard InChI is InChI=1S/C15H19ClN4O2/c1-19-10-17-18-15(19)14-9-20(6-7-22-14)8-13(21)11-4-2-3-5-12(11)16/h2-5,10,13-14,21H,6-9H2,1H3/t13-,14+/m0/s1. The van der Waals surface area contributed by atoms with Gasteiger partial charge >= 0.3 is 0 Å². The van der Waals surface area contributed by atoms with Crippen molar-refractivity contribution in [2.24, 2.45) is 7.05 Å². The second-order valence-electron chi connectivity index (χ2n) is 5.46. The summed E-state index contributed by atoms with van der Waals surface area (Å²) in [6, 6.07) is 7.39. The minimum atomic E-state index is -0.619. The lowest BCUT2D eigenvalue weighted by atomic mass is 10.1. The van der Waals surface area contributed by atoms with Crippen molar-refractivity contribution in [3.63, 3.8) is 0 Å². The third-order valence-electron chi connectivity index (χ3n) is 3.88. The fourth-order valence-corrected chi connectivity index (χ4v) is 2.96. The van der Waals surface area contributed by atoms with E-state index in [1.165, 1.54) is 0 Å². The molecule has 1 aromatic carbocycles. The Bertz CT molecular complexity index is 634. The second kappa shape index (κ2) is 6.75. The van der Waals surface area contributed by atoms with Gasteiger partial charge < -0.3 is 14.4 Å². The zero-order valence-corrected chi connectivity index (χ0v) is 13.1. The fourth-order valence-electron chi connectivity index (χ4n) is 2.70. The molecule has 1 saturated heterocycles. The number of morpholine rings is 1. The summed E-state index contributed by atoms with van der Waals surface area (Å²) in [6.07, 6.45) is 0.919. The van der Waals surface area contributed by atoms with Crippen molar-refractivity contribution in [3.05, 3.63) is 47.0 Å². The van der Waals surface area contributed by atoms with E-state index in [4.69, 9.17) is 16.3 Å². The fraction of sp³-hybridized carbons (Fsp3) is 0.467. The van der Waals surface area contributed by atoms with E-state index < -0.39 is 6.10 Å². The zero-order chi connectivity index (χ0) is 15.5. The number of aliphatic hydroxyl groups excluding tert-OH is 1. The first-order valence-electron chi connectivity index (χ1n) is 7.25. The molecule has 22 heavy (non-hydrogen) atoms. The molecule has 6 nitrogen and oxygen atoms in total. The van der Waals surface area contributed by atoms with Crippen LogP contribution in [0.3, 0.4) is 0 Å². The molecule has 0 unspecified atom stereocenters. The predicted octanol–water partition coefficient (Wildman–Crippen LogP) is 1.58. The predicted molar refractivity (Wildman–Crippen MR) is 82.5 cm³/mol. The van der Waals surface area contributed by atoms with Crippen LogP contribution in [0.1, 0.15) is 23.6 Å². The summed E-state index contributed by atoms with van der Waals surface area (Å²) in [5.74, 6) is 0.803. The summed E-state index contributed by atoms with van der Waals surface area (Å²) in [4.78, 5) is 2.16. The number of ether oxygens (including phenoxy) is 1. The Balaban J connectivity index is 1.66. The Morgan fingerprint density at radius 1 is 1.45 bits per heavy atom. The van der Waals surface area contributed by atoms with Gasteiger partial charge in [0.15, 0.2) is 5.82 Å². The van der Waals surface area contributed by atoms with Gasteiger partial charge in [-0.2, -0.15) is 0 Å². The highest BCUT2D eigenvalue weighted by atomic mass is 35.5. The van der Waals surface area contributed by atoms with Crippen molar-refractivity contribution in [3.8, 4) is 0 Å². The maximum absolute atomic E-state index is 10.4. The molecule has 2 atom stereocenters. The number of hydrogen-bond donors (Lipinski definition) is 1. The quantitative estimate of drug-likeness (QED) is 0.926. The number of aliphatic hydroxyl groups is 1. The summed E-state index contributed by atoms with van der Waals surface area (Å²) in [5, 5.41) is 19.0. The van der Waals surface area contributed by atoms with Gasteiger partial charge in [-0.15, -0.1) is 10.2 Å². The van der Waals surface area contributed by atoms with Gasteiger partial charge in [0, 0.05) is 37.3 Å². The molecule has 0 aliphatic carbocycles. The van der Waals surface area contributed by atoms with Crippen LogP contribution in [-0.4, -0.2) is 51.0 Å². The van der Waals surface area contributed by atoms with Crippen LogP contribution in [0.2, 0.25) is 5.02 Å². The molecule has 0 bridgehead atoms. The number of aryl methyl sites for hydroxylation is 1. The molecule has 1 fully saturated rings. The van der Waals surface area contributed by atoms with Gasteiger partial charge in [0.25, 0.3) is 0 Å². The van der Waals surface area contributed by atoms with E-state index in [1.807, 2.05) is 29.8 Å². The average molecular weight is 323 g/mol. The van der Waals surface area contributed by atoms with E-state index in [-0.39, 0.29) is 6.10 Å². The number of hydrogen-bond acceptors (Lipinski definition) is 5. The summed E-state index contributed by atoms with van der Waals surface area (Å²) in [5.41, 5.74) is 0.755. The third kappa shape index (κ3) is 3.30. The summed E-state index contributed by atoms with van der Waals surface area (Å²) in [6.45, 7) is 2.57. The lowest BCUT2D eigenvalue weighted by molar-refractivity contribution is -0.0473. The molecule has 1 N–H and O–H groups in total. The average Bonchev–Trinajstić information content (AvgIpc) is 2.94. The molecule has 2 heterocycles. The van der Waals surface area contributed by atoms with Crippen LogP contribution in [-0.2, 0) is 11.8 Å². The van der Waals surface area contributed by atoms with Gasteiger partial charge in [-0.1, -0.05) is 29.8 Å². The molecule has 118 valence electrons. The SMILES string of the molecule is Cn1cnnc1[C@H]1CN(C[C@H](O)c2ccccc2Cl)CCO1. The molecule has 0 amide bonds. The highest BCUT2D eigenvalue weighted by Gasteiger charge is 2.27. The number of benzene rings is 1. The largest absolute Gasteiger partial charge is 0.387 e. The minimum absolute atomic E-state index is 0.125. The molecule has 0 radical (unpaired) electrons. The van der Waals surface area contributed by atoms with Crippen molar-refractivity contribution < 1.29 is 9.84 Å². The first kappa shape index (κ1) is 15.4. The van der Waals surface area contributed by atoms with E-state index in [9.17, 15) is 5.11 Å². The third-order valence-corrected chi connectivity index (χ3v) is 4.22. The number of aromatic nitrogens is 3. The maximum atomic E-state index is 10.4. The molecule has 1 aromatic heterocycles. The van der Waals surface area contributed by atoms with Gasteiger partial charge in [0.2, 0.25) is 0 Å². The van der Waals surface area contributed by atoms with Crippen molar-refractivity contribution in [1.29, 1.82) is 0 Å². The van der Waals surface area contributed by atoms with Crippen molar-refractivity contribution >= 4 is 11.6 Å². The maximum Gasteiger partial charge on any atom is 0.163 e. The van der Waals surface area contributed by atoms with Gasteiger partial charge in [0.1, 0.15) is 12.4 Å². The molecular weight excluding hydrogens is 304 g/mol. The van der Waals surface area contributed by atoms with Crippen LogP contribution >= 0.6 is 11.6 Å². The second-order valence-corrected chi connectivity index (χ2v) is 5.86. The monoisotopic (exact) mass is 322 g/mol. The van der Waals surface area contributed by atoms with E-state index in [0.717, 1.165) is 17.9 Å². The Morgan fingerprint density at radius 3 is 3.00 bits per heavy atom. The van der Waals surface area contributed by atoms with E-state index >= 15 is 0 Å². The van der Waals surface area contributed by atoms with Crippen molar-refractivity contribution in [2.75, 3.05) is 26.2 Å². The molecule has 7 heteroatoms. The Labute approximate surface area is 134 Å². The van der Waals surface area contributed by atoms with Crippen molar-refractivity contribution in [1.82, 2.24) is 19.7 Å². The van der Waals surface area contributed by atoms with Crippen LogP contribution in [0.15, 0.2) is 30.6 Å². The summed E-state index contributed by atoms with van der Waals surface area (Å²) in [7, 11) is 1.90. The molecule has 0 saturated carbocycles. The lowest BCUT2D eigenvalue weighted by Crippen LogP contribution is -2.41. The first-order valence-corrected chi connectivity index (χ1v) is 7.63. The minimum Gasteiger partial charge on any atom is -0.387 e. The smallest absolute Gasteiger partial charge is 0.163 e.